The van der Waals surface area contributed by atoms with Crippen LogP contribution in [0.15, 0.2) is 18.2 Å². The molecule has 0 bridgehead atoms. The summed E-state index contributed by atoms with van der Waals surface area (Å²) in [6.07, 6.45) is -4.47. The smallest absolute Gasteiger partial charge is 0.323 e. The van der Waals surface area contributed by atoms with E-state index in [2.05, 4.69) is 5.32 Å². The molecule has 106 valence electrons. The van der Waals surface area contributed by atoms with Gasteiger partial charge in [-0.15, -0.1) is 0 Å². The second kappa shape index (κ2) is 5.79. The number of benzene rings is 1. The van der Waals surface area contributed by atoms with Crippen molar-refractivity contribution < 1.29 is 18.0 Å². The van der Waals surface area contributed by atoms with Crippen LogP contribution in [0.5, 0.6) is 0 Å². The molecule has 0 saturated heterocycles. The van der Waals surface area contributed by atoms with Gasteiger partial charge in [-0.3, -0.25) is 4.79 Å². The van der Waals surface area contributed by atoms with Crippen LogP contribution in [-0.4, -0.2) is 11.9 Å². The quantitative estimate of drug-likeness (QED) is 0.899. The first-order valence-corrected chi connectivity index (χ1v) is 5.94. The van der Waals surface area contributed by atoms with E-state index in [1.807, 2.05) is 0 Å². The topological polar surface area (TPSA) is 55.1 Å². The summed E-state index contributed by atoms with van der Waals surface area (Å²) in [7, 11) is 0. The maximum absolute atomic E-state index is 12.4. The van der Waals surface area contributed by atoms with Gasteiger partial charge in [0, 0.05) is 0 Å². The van der Waals surface area contributed by atoms with Gasteiger partial charge in [-0.2, -0.15) is 13.2 Å². The number of hydrogen-bond donors (Lipinski definition) is 2. The Labute approximate surface area is 113 Å². The fourth-order valence-corrected chi connectivity index (χ4v) is 1.54. The van der Waals surface area contributed by atoms with Crippen LogP contribution in [0.4, 0.5) is 18.9 Å². The Bertz CT molecular complexity index is 475. The van der Waals surface area contributed by atoms with Crippen molar-refractivity contribution in [2.75, 3.05) is 5.32 Å². The molecule has 0 spiro atoms. The Balaban J connectivity index is 2.90. The summed E-state index contributed by atoms with van der Waals surface area (Å²) in [6.45, 7) is 3.53. The van der Waals surface area contributed by atoms with E-state index in [0.717, 1.165) is 18.2 Å². The average Bonchev–Trinajstić information content (AvgIpc) is 2.29. The third-order valence-corrected chi connectivity index (χ3v) is 2.89. The Morgan fingerprint density at radius 3 is 2.37 bits per heavy atom. The first kappa shape index (κ1) is 15.8. The van der Waals surface area contributed by atoms with E-state index in [1.165, 1.54) is 0 Å². The van der Waals surface area contributed by atoms with Crippen LogP contribution >= 0.6 is 11.6 Å². The molecule has 0 heterocycles. The minimum absolute atomic E-state index is 0.0896. The summed E-state index contributed by atoms with van der Waals surface area (Å²) < 4.78 is 37.3. The van der Waals surface area contributed by atoms with Gasteiger partial charge >= 0.3 is 6.18 Å². The van der Waals surface area contributed by atoms with E-state index in [0.29, 0.717) is 0 Å². The van der Waals surface area contributed by atoms with Crippen molar-refractivity contribution in [3.63, 3.8) is 0 Å². The van der Waals surface area contributed by atoms with Crippen LogP contribution in [0.1, 0.15) is 19.4 Å². The number of halogens is 4. The lowest BCUT2D eigenvalue weighted by Crippen LogP contribution is -2.39. The molecule has 0 saturated carbocycles. The normalized spacial score (nSPS) is 13.5. The number of carbonyl (C=O) groups is 1. The molecule has 0 aromatic heterocycles. The fraction of sp³-hybridized carbons (Fsp3) is 0.417. The third-order valence-electron chi connectivity index (χ3n) is 2.58. The first-order valence-electron chi connectivity index (χ1n) is 5.56. The second-order valence-corrected chi connectivity index (χ2v) is 4.86. The van der Waals surface area contributed by atoms with Gasteiger partial charge in [0.25, 0.3) is 0 Å². The highest BCUT2D eigenvalue weighted by Crippen LogP contribution is 2.33. The molecule has 0 aliphatic heterocycles. The number of alkyl halides is 3. The highest BCUT2D eigenvalue weighted by atomic mass is 35.5. The molecule has 0 radical (unpaired) electrons. The number of rotatable bonds is 3. The summed E-state index contributed by atoms with van der Waals surface area (Å²) in [5, 5.41) is 2.23. The molecule has 3 nitrogen and oxygen atoms in total. The van der Waals surface area contributed by atoms with Gasteiger partial charge in [0.05, 0.1) is 22.3 Å². The lowest BCUT2D eigenvalue weighted by molar-refractivity contribution is -0.137. The van der Waals surface area contributed by atoms with Crippen LogP contribution in [-0.2, 0) is 11.0 Å². The number of anilines is 1. The second-order valence-electron chi connectivity index (χ2n) is 4.45. The molecule has 3 N–H and O–H groups in total. The predicted octanol–water partition coefficient (Wildman–Crippen LogP) is 3.28. The molecule has 1 atom stereocenters. The highest BCUT2D eigenvalue weighted by Gasteiger charge is 2.31. The zero-order chi connectivity index (χ0) is 14.8. The molecule has 1 aromatic rings. The monoisotopic (exact) mass is 294 g/mol. The molecule has 1 rings (SSSR count). The van der Waals surface area contributed by atoms with Crippen molar-refractivity contribution >= 4 is 23.2 Å². The lowest BCUT2D eigenvalue weighted by Gasteiger charge is -2.16. The lowest BCUT2D eigenvalue weighted by atomic mass is 10.0. The molecule has 0 aliphatic rings. The summed E-state index contributed by atoms with van der Waals surface area (Å²) in [4.78, 5) is 11.7. The summed E-state index contributed by atoms with van der Waals surface area (Å²) in [5.41, 5.74) is 4.86. The SMILES string of the molecule is CC(C)C(N)C(=O)Nc1ccc(C(F)(F)F)cc1Cl. The summed E-state index contributed by atoms with van der Waals surface area (Å²) in [5.74, 6) is -0.579. The summed E-state index contributed by atoms with van der Waals surface area (Å²) >= 11 is 5.71. The Hall–Kier alpha value is -1.27. The fourth-order valence-electron chi connectivity index (χ4n) is 1.31. The molecule has 0 fully saturated rings. The van der Waals surface area contributed by atoms with Gasteiger partial charge in [-0.1, -0.05) is 25.4 Å². The number of amides is 1. The van der Waals surface area contributed by atoms with Crippen molar-refractivity contribution in [1.29, 1.82) is 0 Å². The standard InChI is InChI=1S/C12H14ClF3N2O/c1-6(2)10(17)11(19)18-9-4-3-7(5-8(9)13)12(14,15)16/h3-6,10H,17H2,1-2H3,(H,18,19). The molecule has 19 heavy (non-hydrogen) atoms. The molecule has 0 aliphatic carbocycles. The molecule has 1 amide bonds. The Kier molecular flexibility index (Phi) is 4.81. The number of hydrogen-bond acceptors (Lipinski definition) is 2. The van der Waals surface area contributed by atoms with E-state index < -0.39 is 23.7 Å². The molecule has 7 heteroatoms. The molecular weight excluding hydrogens is 281 g/mol. The predicted molar refractivity (Wildman–Crippen MR) is 67.9 cm³/mol. The average molecular weight is 295 g/mol. The minimum Gasteiger partial charge on any atom is -0.323 e. The van der Waals surface area contributed by atoms with Gasteiger partial charge < -0.3 is 11.1 Å². The van der Waals surface area contributed by atoms with Crippen LogP contribution in [0, 0.1) is 5.92 Å². The zero-order valence-electron chi connectivity index (χ0n) is 10.4. The Morgan fingerprint density at radius 2 is 1.95 bits per heavy atom. The van der Waals surface area contributed by atoms with E-state index in [-0.39, 0.29) is 16.6 Å². The number of nitrogens with two attached hydrogens (primary N) is 1. The van der Waals surface area contributed by atoms with Crippen molar-refractivity contribution in [3.8, 4) is 0 Å². The van der Waals surface area contributed by atoms with Crippen LogP contribution in [0.2, 0.25) is 5.02 Å². The molecular formula is C12H14ClF3N2O. The van der Waals surface area contributed by atoms with Crippen molar-refractivity contribution in [2.45, 2.75) is 26.1 Å². The van der Waals surface area contributed by atoms with Crippen LogP contribution in [0.25, 0.3) is 0 Å². The largest absolute Gasteiger partial charge is 0.416 e. The van der Waals surface area contributed by atoms with E-state index in [9.17, 15) is 18.0 Å². The maximum atomic E-state index is 12.4. The van der Waals surface area contributed by atoms with Gasteiger partial charge in [0.15, 0.2) is 0 Å². The Morgan fingerprint density at radius 1 is 1.37 bits per heavy atom. The van der Waals surface area contributed by atoms with E-state index >= 15 is 0 Å². The first-order chi connectivity index (χ1) is 8.62. The molecule has 1 unspecified atom stereocenters. The van der Waals surface area contributed by atoms with Crippen LogP contribution < -0.4 is 11.1 Å². The number of carbonyl (C=O) groups excluding carboxylic acids is 1. The van der Waals surface area contributed by atoms with E-state index in [1.54, 1.807) is 13.8 Å². The van der Waals surface area contributed by atoms with Gasteiger partial charge in [0.1, 0.15) is 0 Å². The third kappa shape index (κ3) is 4.11. The summed E-state index contributed by atoms with van der Waals surface area (Å²) in [6, 6.07) is 1.97. The maximum Gasteiger partial charge on any atom is 0.416 e. The van der Waals surface area contributed by atoms with Crippen molar-refractivity contribution in [3.05, 3.63) is 28.8 Å². The minimum atomic E-state index is -4.47. The zero-order valence-corrected chi connectivity index (χ0v) is 11.1. The van der Waals surface area contributed by atoms with Crippen LogP contribution in [0.3, 0.4) is 0 Å². The van der Waals surface area contributed by atoms with Gasteiger partial charge in [-0.25, -0.2) is 0 Å². The van der Waals surface area contributed by atoms with Crippen molar-refractivity contribution in [2.24, 2.45) is 11.7 Å². The number of nitrogens with one attached hydrogen (secondary N) is 1. The van der Waals surface area contributed by atoms with Crippen molar-refractivity contribution in [1.82, 2.24) is 0 Å². The van der Waals surface area contributed by atoms with E-state index in [4.69, 9.17) is 17.3 Å². The molecule has 1 aromatic carbocycles. The highest BCUT2D eigenvalue weighted by molar-refractivity contribution is 6.33. The van der Waals surface area contributed by atoms with Gasteiger partial charge in [0.2, 0.25) is 5.91 Å². The van der Waals surface area contributed by atoms with Gasteiger partial charge in [-0.05, 0) is 24.1 Å².